The van der Waals surface area contributed by atoms with Crippen molar-refractivity contribution in [2.75, 3.05) is 57.9 Å². The number of thioether (sulfide) groups is 1. The van der Waals surface area contributed by atoms with Crippen molar-refractivity contribution in [2.45, 2.75) is 183 Å². The number of guanidine groups is 3. The van der Waals surface area contributed by atoms with Gasteiger partial charge in [0.05, 0.1) is 13.2 Å². The summed E-state index contributed by atoms with van der Waals surface area (Å²) in [5.74, 6) is -12.0. The number of unbranched alkanes of at least 4 members (excludes halogenated alkanes) is 2. The van der Waals surface area contributed by atoms with Gasteiger partial charge in [-0.2, -0.15) is 11.8 Å². The normalized spacial score (nSPS) is 14.0. The van der Waals surface area contributed by atoms with Crippen LogP contribution < -0.4 is 111 Å². The molecule has 0 aliphatic carbocycles. The highest BCUT2D eigenvalue weighted by Crippen LogP contribution is 2.14. The lowest BCUT2D eigenvalue weighted by molar-refractivity contribution is -0.142. The number of nitrogens with two attached hydrogens (primary N) is 10. The predicted molar refractivity (Wildman–Crippen MR) is 370 cm³/mol. The molecule has 552 valence electrons. The highest BCUT2D eigenvalue weighted by Gasteiger charge is 2.36. The van der Waals surface area contributed by atoms with Crippen LogP contribution in [0.4, 0.5) is 0 Å². The van der Waals surface area contributed by atoms with Crippen LogP contribution >= 0.6 is 11.8 Å². The molecule has 0 spiro atoms. The molecule has 0 radical (unpaired) electrons. The van der Waals surface area contributed by atoms with E-state index in [0.29, 0.717) is 31.4 Å². The molecule has 0 bridgehead atoms. The molecule has 98 heavy (non-hydrogen) atoms. The van der Waals surface area contributed by atoms with E-state index in [-0.39, 0.29) is 133 Å². The van der Waals surface area contributed by atoms with E-state index in [2.05, 4.69) is 68.1 Å². The van der Waals surface area contributed by atoms with E-state index in [0.717, 1.165) is 0 Å². The quantitative estimate of drug-likeness (QED) is 0.0164. The van der Waals surface area contributed by atoms with Crippen LogP contribution in [0, 0.1) is 5.92 Å². The van der Waals surface area contributed by atoms with Crippen LogP contribution in [0.15, 0.2) is 45.3 Å². The van der Waals surface area contributed by atoms with Crippen molar-refractivity contribution < 1.29 is 67.7 Å². The molecule has 1 rings (SSSR count). The fourth-order valence-electron chi connectivity index (χ4n) is 9.55. The van der Waals surface area contributed by atoms with Crippen molar-refractivity contribution in [3.8, 4) is 0 Å². The molecule has 0 fully saturated rings. The van der Waals surface area contributed by atoms with E-state index < -0.39 is 157 Å². The second-order valence-corrected chi connectivity index (χ2v) is 24.4. The Hall–Kier alpha value is -9.14. The van der Waals surface area contributed by atoms with Gasteiger partial charge in [0.1, 0.15) is 60.4 Å². The summed E-state index contributed by atoms with van der Waals surface area (Å²) < 4.78 is 0. The average Bonchev–Trinajstić information content (AvgIpc) is 0.866. The number of aliphatic hydroxyl groups excluding tert-OH is 1. The molecule has 37 nitrogen and oxygen atoms in total. The standard InChI is InChI=1S/C60H107N23O14S/c1-34(2)30-43(54(93)82-44(31-35-14-5-4-6-15-35)55(94)80-42(57(96)97)20-13-28-73-60(69)70)81-53(92)41(23-29-98-3)79-52(91)40(21-22-46(64)85)78-56(95)45(33-84)83-51(90)39(19-12-27-72-59(67)68)77-49(88)37(17-8-10-25-62)75-50(89)38(18-11-26-71-58(65)66)76-48(87)36(16-7-9-24-61)74-47(86)32-63/h4-6,14-15,34,36-45,84H,7-13,16-33,61-63H2,1-3H3,(H2,64,85)(H,74,86)(H,75,89)(H,76,87)(H,77,88)(H,78,95)(H,79,91)(H,80,94)(H,81,92)(H,82,93)(H,83,90)(H,96,97)(H4,65,66,71)(H4,67,68,72)(H4,69,70,73). The van der Waals surface area contributed by atoms with Gasteiger partial charge in [-0.15, -0.1) is 0 Å². The number of carboxylic acids is 1. The van der Waals surface area contributed by atoms with Crippen molar-refractivity contribution in [3.05, 3.63) is 35.9 Å². The SMILES string of the molecule is CSCCC(NC(=O)C(CCC(N)=O)NC(=O)C(CO)NC(=O)C(CCCN=C(N)N)NC(=O)C(CCCCN)NC(=O)C(CCCN=C(N)N)NC(=O)C(CCCCN)NC(=O)CN)C(=O)NC(CC(C)C)C(=O)NC(Cc1ccccc1)C(=O)NC(CCCN=C(N)N)C(=O)O. The number of aliphatic hydroxyl groups is 1. The molecule has 0 aliphatic rings. The van der Waals surface area contributed by atoms with Crippen molar-refractivity contribution in [3.63, 3.8) is 0 Å². The van der Waals surface area contributed by atoms with Gasteiger partial charge in [-0.3, -0.25) is 67.7 Å². The Kier molecular flexibility index (Phi) is 43.8. The number of aliphatic imine (C=N–C) groups is 3. The van der Waals surface area contributed by atoms with E-state index in [4.69, 9.17) is 57.3 Å². The molecule has 1 aromatic carbocycles. The Bertz CT molecular complexity index is 2790. The number of carboxylic acid groups (broad SMARTS) is 1. The minimum Gasteiger partial charge on any atom is -0.480 e. The minimum atomic E-state index is -1.87. The number of hydrogen-bond acceptors (Lipinski definition) is 20. The first-order valence-electron chi connectivity index (χ1n) is 32.4. The van der Waals surface area contributed by atoms with Crippen molar-refractivity contribution in [1.82, 2.24) is 53.2 Å². The summed E-state index contributed by atoms with van der Waals surface area (Å²) in [5, 5.41) is 46.2. The lowest BCUT2D eigenvalue weighted by Gasteiger charge is -2.28. The zero-order valence-electron chi connectivity index (χ0n) is 56.2. The number of rotatable bonds is 52. The number of carbonyl (C=O) groups is 12. The molecule has 0 saturated carbocycles. The molecule has 0 aromatic heterocycles. The first-order valence-corrected chi connectivity index (χ1v) is 33.8. The highest BCUT2D eigenvalue weighted by molar-refractivity contribution is 7.98. The smallest absolute Gasteiger partial charge is 0.326 e. The Morgan fingerprint density at radius 1 is 0.429 bits per heavy atom. The van der Waals surface area contributed by atoms with Crippen molar-refractivity contribution in [1.29, 1.82) is 0 Å². The van der Waals surface area contributed by atoms with Crippen LogP contribution in [-0.2, 0) is 64.0 Å². The van der Waals surface area contributed by atoms with E-state index in [1.165, 1.54) is 11.8 Å². The Morgan fingerprint density at radius 2 is 0.765 bits per heavy atom. The fourth-order valence-corrected chi connectivity index (χ4v) is 10.0. The third kappa shape index (κ3) is 37.4. The zero-order valence-corrected chi connectivity index (χ0v) is 57.0. The first kappa shape index (κ1) is 86.9. The molecule has 32 N–H and O–H groups in total. The summed E-state index contributed by atoms with van der Waals surface area (Å²) in [4.78, 5) is 176. The second-order valence-electron chi connectivity index (χ2n) is 23.4. The van der Waals surface area contributed by atoms with Crippen LogP contribution in [0.25, 0.3) is 0 Å². The van der Waals surface area contributed by atoms with Crippen LogP contribution in [0.1, 0.15) is 122 Å². The van der Waals surface area contributed by atoms with Crippen LogP contribution in [0.3, 0.4) is 0 Å². The van der Waals surface area contributed by atoms with Crippen LogP contribution in [0.5, 0.6) is 0 Å². The van der Waals surface area contributed by atoms with Crippen LogP contribution in [0.2, 0.25) is 0 Å². The number of amides is 11. The third-order valence-electron chi connectivity index (χ3n) is 14.7. The molecule has 11 amide bonds. The molecular formula is C60H107N23O14S. The lowest BCUT2D eigenvalue weighted by Crippen LogP contribution is -2.61. The van der Waals surface area contributed by atoms with Gasteiger partial charge in [0.25, 0.3) is 0 Å². The lowest BCUT2D eigenvalue weighted by atomic mass is 10.00. The number of carbonyl (C=O) groups excluding carboxylic acids is 11. The largest absolute Gasteiger partial charge is 0.480 e. The van der Waals surface area contributed by atoms with Gasteiger partial charge in [-0.05, 0) is 133 Å². The summed E-state index contributed by atoms with van der Waals surface area (Å²) in [6, 6.07) is -6.00. The first-order chi connectivity index (χ1) is 46.5. The summed E-state index contributed by atoms with van der Waals surface area (Å²) in [5.41, 5.74) is 55.9. The molecule has 0 heterocycles. The maximum Gasteiger partial charge on any atom is 0.326 e. The fraction of sp³-hybridized carbons (Fsp3) is 0.650. The molecule has 0 aliphatic heterocycles. The Morgan fingerprint density at radius 3 is 1.14 bits per heavy atom. The van der Waals surface area contributed by atoms with Gasteiger partial charge >= 0.3 is 5.97 Å². The zero-order chi connectivity index (χ0) is 73.7. The maximum absolute atomic E-state index is 14.4. The molecule has 1 aromatic rings. The molecule has 10 atom stereocenters. The molecule has 10 unspecified atom stereocenters. The number of hydrogen-bond donors (Lipinski definition) is 22. The van der Waals surface area contributed by atoms with Gasteiger partial charge in [-0.1, -0.05) is 44.2 Å². The van der Waals surface area contributed by atoms with E-state index in [9.17, 15) is 67.7 Å². The topological polar surface area (TPSA) is 663 Å². The minimum absolute atomic E-state index is 0.00365. The second kappa shape index (κ2) is 49.4. The summed E-state index contributed by atoms with van der Waals surface area (Å²) >= 11 is 1.30. The number of aliphatic carboxylic acids is 1. The number of benzene rings is 1. The maximum atomic E-state index is 14.4. The molecular weight excluding hydrogens is 1300 g/mol. The molecule has 38 heteroatoms. The average molecular weight is 1410 g/mol. The monoisotopic (exact) mass is 1410 g/mol. The summed E-state index contributed by atoms with van der Waals surface area (Å²) in [6.07, 6.45) is 2.27. The van der Waals surface area contributed by atoms with Gasteiger partial charge in [0.15, 0.2) is 17.9 Å². The van der Waals surface area contributed by atoms with Crippen molar-refractivity contribution >= 4 is 101 Å². The van der Waals surface area contributed by atoms with Gasteiger partial charge in [0.2, 0.25) is 65.0 Å². The summed E-state index contributed by atoms with van der Waals surface area (Å²) in [7, 11) is 0. The third-order valence-corrected chi connectivity index (χ3v) is 15.4. The highest BCUT2D eigenvalue weighted by atomic mass is 32.2. The van der Waals surface area contributed by atoms with E-state index in [1.807, 2.05) is 0 Å². The number of primary amides is 1. The number of nitrogens with zero attached hydrogens (tertiary/aromatic N) is 3. The van der Waals surface area contributed by atoms with Gasteiger partial charge in [0, 0.05) is 32.5 Å². The summed E-state index contributed by atoms with van der Waals surface area (Å²) in [6.45, 7) is 2.53. The van der Waals surface area contributed by atoms with Gasteiger partial charge in [-0.25, -0.2) is 4.79 Å². The molecule has 0 saturated heterocycles. The van der Waals surface area contributed by atoms with E-state index in [1.54, 1.807) is 50.4 Å². The van der Waals surface area contributed by atoms with E-state index >= 15 is 0 Å². The van der Waals surface area contributed by atoms with Crippen LogP contribution in [-0.4, -0.2) is 217 Å². The number of nitrogens with one attached hydrogen (secondary N) is 10. The Balaban J connectivity index is 3.67. The Labute approximate surface area is 574 Å². The predicted octanol–water partition coefficient (Wildman–Crippen LogP) is -7.40. The van der Waals surface area contributed by atoms with Gasteiger partial charge < -0.3 is 121 Å². The van der Waals surface area contributed by atoms with Crippen molar-refractivity contribution in [2.24, 2.45) is 78.2 Å².